The Morgan fingerprint density at radius 1 is 0.897 bits per heavy atom. The van der Waals surface area contributed by atoms with Crippen LogP contribution >= 0.6 is 0 Å². The number of hydrogen-bond donors (Lipinski definition) is 2. The number of aliphatic hydroxyl groups is 2. The summed E-state index contributed by atoms with van der Waals surface area (Å²) in [6, 6.07) is 15.8. The van der Waals surface area contributed by atoms with Crippen LogP contribution < -0.4 is 9.47 Å². The van der Waals surface area contributed by atoms with Crippen LogP contribution in [0.1, 0.15) is 13.8 Å². The van der Waals surface area contributed by atoms with Crippen molar-refractivity contribution in [1.29, 1.82) is 0 Å². The van der Waals surface area contributed by atoms with Gasteiger partial charge >= 0.3 is 0 Å². The second-order valence-electron chi connectivity index (χ2n) is 8.38. The molecule has 0 spiro atoms. The van der Waals surface area contributed by atoms with Gasteiger partial charge in [0.2, 0.25) is 0 Å². The van der Waals surface area contributed by atoms with Crippen molar-refractivity contribution in [2.45, 2.75) is 13.8 Å². The van der Waals surface area contributed by atoms with Crippen LogP contribution in [-0.2, 0) is 9.47 Å². The summed E-state index contributed by atoms with van der Waals surface area (Å²) < 4.78 is 22.1. The van der Waals surface area contributed by atoms with Crippen molar-refractivity contribution in [3.63, 3.8) is 0 Å². The van der Waals surface area contributed by atoms with Crippen LogP contribution in [0.3, 0.4) is 0 Å². The largest absolute Gasteiger partial charge is 0.493 e. The van der Waals surface area contributed by atoms with Crippen molar-refractivity contribution in [2.75, 3.05) is 46.4 Å². The highest BCUT2D eigenvalue weighted by Gasteiger charge is 2.34. The molecule has 6 heteroatoms. The fraction of sp³-hybridized carbons (Fsp3) is 0.478. The average molecular weight is 402 g/mol. The van der Waals surface area contributed by atoms with Gasteiger partial charge < -0.3 is 29.2 Å². The lowest BCUT2D eigenvalue weighted by atomic mass is 9.90. The molecule has 0 saturated carbocycles. The Labute approximate surface area is 172 Å². The molecule has 0 atom stereocenters. The number of benzene rings is 2. The molecule has 0 amide bonds. The molecule has 1 fully saturated rings. The fourth-order valence-corrected chi connectivity index (χ4v) is 2.82. The van der Waals surface area contributed by atoms with E-state index in [1.807, 2.05) is 48.5 Å². The Bertz CT molecular complexity index is 748. The predicted octanol–water partition coefficient (Wildman–Crippen LogP) is 3.11. The lowest BCUT2D eigenvalue weighted by Crippen LogP contribution is -2.44. The summed E-state index contributed by atoms with van der Waals surface area (Å²) in [7, 11) is 0. The summed E-state index contributed by atoms with van der Waals surface area (Å²) in [5.41, 5.74) is 1.65. The van der Waals surface area contributed by atoms with Gasteiger partial charge in [0.25, 0.3) is 0 Å². The normalized spacial score (nSPS) is 15.6. The molecule has 6 nitrogen and oxygen atoms in total. The molecule has 0 radical (unpaired) electrons. The molecule has 3 rings (SSSR count). The Hall–Kier alpha value is -2.12. The minimum atomic E-state index is -0.660. The van der Waals surface area contributed by atoms with Crippen LogP contribution in [0.5, 0.6) is 11.5 Å². The predicted molar refractivity (Wildman–Crippen MR) is 110 cm³/mol. The Kier molecular flexibility index (Phi) is 7.14. The molecule has 1 aliphatic rings. The quantitative estimate of drug-likeness (QED) is 0.444. The van der Waals surface area contributed by atoms with E-state index in [-0.39, 0.29) is 32.0 Å². The highest BCUT2D eigenvalue weighted by molar-refractivity contribution is 5.64. The van der Waals surface area contributed by atoms with E-state index in [2.05, 4.69) is 6.92 Å². The molecular formula is C23H30O6. The van der Waals surface area contributed by atoms with E-state index in [0.29, 0.717) is 12.4 Å². The lowest BCUT2D eigenvalue weighted by Gasteiger charge is -2.37. The average Bonchev–Trinajstić information content (AvgIpc) is 2.74. The monoisotopic (exact) mass is 402 g/mol. The van der Waals surface area contributed by atoms with Crippen molar-refractivity contribution in [1.82, 2.24) is 0 Å². The second kappa shape index (κ2) is 9.59. The molecule has 1 saturated heterocycles. The van der Waals surface area contributed by atoms with Gasteiger partial charge in [0, 0.05) is 10.8 Å². The van der Waals surface area contributed by atoms with Crippen molar-refractivity contribution in [3.8, 4) is 22.6 Å². The van der Waals surface area contributed by atoms with E-state index < -0.39 is 5.41 Å². The van der Waals surface area contributed by atoms with Crippen LogP contribution in [0, 0.1) is 10.8 Å². The zero-order valence-corrected chi connectivity index (χ0v) is 17.1. The van der Waals surface area contributed by atoms with Crippen LogP contribution in [-0.4, -0.2) is 56.6 Å². The SMILES string of the molecule is CC(CO)(CO)COCOc1ccc(-c2ccc(OCC3(C)COC3)cc2)cc1. The third-order valence-corrected chi connectivity index (χ3v) is 5.05. The summed E-state index contributed by atoms with van der Waals surface area (Å²) >= 11 is 0. The first-order valence-corrected chi connectivity index (χ1v) is 9.79. The zero-order chi connectivity index (χ0) is 20.7. The smallest absolute Gasteiger partial charge is 0.189 e. The first-order valence-electron chi connectivity index (χ1n) is 9.79. The van der Waals surface area contributed by atoms with Gasteiger partial charge in [-0.15, -0.1) is 0 Å². The molecule has 0 aliphatic carbocycles. The first-order chi connectivity index (χ1) is 14.0. The topological polar surface area (TPSA) is 77.4 Å². The summed E-state index contributed by atoms with van der Waals surface area (Å²) in [4.78, 5) is 0. The molecule has 0 bridgehead atoms. The Morgan fingerprint density at radius 3 is 1.86 bits per heavy atom. The highest BCUT2D eigenvalue weighted by atomic mass is 16.7. The highest BCUT2D eigenvalue weighted by Crippen LogP contribution is 2.29. The third-order valence-electron chi connectivity index (χ3n) is 5.05. The fourth-order valence-electron chi connectivity index (χ4n) is 2.82. The van der Waals surface area contributed by atoms with E-state index >= 15 is 0 Å². The van der Waals surface area contributed by atoms with Crippen LogP contribution in [0.25, 0.3) is 11.1 Å². The number of ether oxygens (including phenoxy) is 4. The third kappa shape index (κ3) is 5.93. The van der Waals surface area contributed by atoms with Crippen molar-refractivity contribution < 1.29 is 29.2 Å². The molecule has 1 aliphatic heterocycles. The maximum Gasteiger partial charge on any atom is 0.189 e. The zero-order valence-electron chi connectivity index (χ0n) is 17.1. The molecule has 29 heavy (non-hydrogen) atoms. The van der Waals surface area contributed by atoms with E-state index in [9.17, 15) is 10.2 Å². The van der Waals surface area contributed by atoms with Crippen LogP contribution in [0.4, 0.5) is 0 Å². The van der Waals surface area contributed by atoms with Crippen molar-refractivity contribution in [2.24, 2.45) is 10.8 Å². The van der Waals surface area contributed by atoms with Crippen molar-refractivity contribution >= 4 is 0 Å². The second-order valence-corrected chi connectivity index (χ2v) is 8.38. The molecule has 0 unspecified atom stereocenters. The lowest BCUT2D eigenvalue weighted by molar-refractivity contribution is -0.120. The number of aliphatic hydroxyl groups excluding tert-OH is 2. The van der Waals surface area contributed by atoms with Crippen molar-refractivity contribution in [3.05, 3.63) is 48.5 Å². The Balaban J connectivity index is 1.47. The van der Waals surface area contributed by atoms with E-state index in [0.717, 1.165) is 30.1 Å². The summed E-state index contributed by atoms with van der Waals surface area (Å²) in [5.74, 6) is 1.55. The van der Waals surface area contributed by atoms with Gasteiger partial charge in [-0.25, -0.2) is 0 Å². The van der Waals surface area contributed by atoms with Gasteiger partial charge in [0.1, 0.15) is 11.5 Å². The maximum atomic E-state index is 9.24. The van der Waals surface area contributed by atoms with E-state index in [1.165, 1.54) is 0 Å². The Morgan fingerprint density at radius 2 is 1.41 bits per heavy atom. The summed E-state index contributed by atoms with van der Waals surface area (Å²) in [5, 5.41) is 18.5. The molecule has 1 heterocycles. The van der Waals surface area contributed by atoms with Gasteiger partial charge in [-0.05, 0) is 35.4 Å². The minimum Gasteiger partial charge on any atom is -0.493 e. The van der Waals surface area contributed by atoms with Gasteiger partial charge in [0.15, 0.2) is 6.79 Å². The number of rotatable bonds is 11. The molecule has 0 aromatic heterocycles. The van der Waals surface area contributed by atoms with Gasteiger partial charge in [-0.2, -0.15) is 0 Å². The van der Waals surface area contributed by atoms with Crippen LogP contribution in [0.15, 0.2) is 48.5 Å². The minimum absolute atomic E-state index is 0.0604. The first kappa shape index (κ1) is 21.6. The summed E-state index contributed by atoms with van der Waals surface area (Å²) in [6.07, 6.45) is 0. The molecule has 2 N–H and O–H groups in total. The van der Waals surface area contributed by atoms with Crippen LogP contribution in [0.2, 0.25) is 0 Å². The van der Waals surface area contributed by atoms with E-state index in [4.69, 9.17) is 18.9 Å². The molecule has 2 aromatic rings. The molecule has 158 valence electrons. The summed E-state index contributed by atoms with van der Waals surface area (Å²) in [6.45, 7) is 6.09. The molecule has 2 aromatic carbocycles. The molecular weight excluding hydrogens is 372 g/mol. The maximum absolute atomic E-state index is 9.24. The number of hydrogen-bond acceptors (Lipinski definition) is 6. The van der Waals surface area contributed by atoms with Gasteiger partial charge in [-0.1, -0.05) is 38.1 Å². The standard InChI is InChI=1S/C23H30O6/c1-22(11-24,12-25)13-27-17-29-21-9-5-19(6-10-21)18-3-7-20(8-4-18)28-16-23(2)14-26-15-23/h3-10,24-25H,11-17H2,1-2H3. The van der Waals surface area contributed by atoms with E-state index in [1.54, 1.807) is 6.92 Å². The van der Waals surface area contributed by atoms with Gasteiger partial charge in [0.05, 0.1) is 39.6 Å². The van der Waals surface area contributed by atoms with Gasteiger partial charge in [-0.3, -0.25) is 0 Å².